The maximum absolute atomic E-state index is 12.2. The van der Waals surface area contributed by atoms with Crippen molar-refractivity contribution in [2.24, 2.45) is 0 Å². The summed E-state index contributed by atoms with van der Waals surface area (Å²) in [7, 11) is 1.59. The van der Waals surface area contributed by atoms with Crippen LogP contribution in [0.15, 0.2) is 22.6 Å². The van der Waals surface area contributed by atoms with E-state index in [1.54, 1.807) is 33.1 Å². The van der Waals surface area contributed by atoms with Crippen LogP contribution >= 0.6 is 0 Å². The van der Waals surface area contributed by atoms with Crippen LogP contribution in [0.25, 0.3) is 11.0 Å². The third kappa shape index (κ3) is 2.63. The Morgan fingerprint density at radius 1 is 1.45 bits per heavy atom. The van der Waals surface area contributed by atoms with Gasteiger partial charge in [0.25, 0.3) is 5.91 Å². The second-order valence-electron chi connectivity index (χ2n) is 5.41. The molecule has 5 heteroatoms. The molecule has 2 N–H and O–H groups in total. The van der Waals surface area contributed by atoms with E-state index >= 15 is 0 Å². The van der Waals surface area contributed by atoms with Crippen LogP contribution in [-0.4, -0.2) is 30.3 Å². The Labute approximate surface area is 117 Å². The Bertz CT molecular complexity index is 643. The number of rotatable bonds is 4. The number of hydrogen-bond acceptors (Lipinski definition) is 4. The summed E-state index contributed by atoms with van der Waals surface area (Å²) >= 11 is 0. The van der Waals surface area contributed by atoms with Crippen LogP contribution in [-0.2, 0) is 0 Å². The molecule has 20 heavy (non-hydrogen) atoms. The third-order valence-corrected chi connectivity index (χ3v) is 3.20. The van der Waals surface area contributed by atoms with Gasteiger partial charge in [-0.15, -0.1) is 0 Å². The number of carbonyl (C=O) groups is 1. The Kier molecular flexibility index (Phi) is 3.72. The fourth-order valence-electron chi connectivity index (χ4n) is 1.95. The standard InChI is InChI=1S/C15H19NO4/c1-9-11-7-10(19-4)5-6-12(11)20-13(9)14(18)16-15(2,3)8-17/h5-7,17H,8H2,1-4H3,(H,16,18). The minimum absolute atomic E-state index is 0.147. The van der Waals surface area contributed by atoms with Gasteiger partial charge < -0.3 is 19.6 Å². The van der Waals surface area contributed by atoms with Gasteiger partial charge in [0.05, 0.1) is 19.3 Å². The zero-order valence-corrected chi connectivity index (χ0v) is 12.1. The Hall–Kier alpha value is -2.01. The van der Waals surface area contributed by atoms with Gasteiger partial charge in [-0.1, -0.05) is 0 Å². The first-order chi connectivity index (χ1) is 9.38. The molecule has 0 aliphatic rings. The number of fused-ring (bicyclic) bond motifs is 1. The highest BCUT2D eigenvalue weighted by Gasteiger charge is 2.24. The first-order valence-electron chi connectivity index (χ1n) is 6.38. The highest BCUT2D eigenvalue weighted by molar-refractivity contribution is 5.99. The summed E-state index contributed by atoms with van der Waals surface area (Å²) in [6.45, 7) is 5.16. The van der Waals surface area contributed by atoms with Gasteiger partial charge in [0.15, 0.2) is 5.76 Å². The maximum Gasteiger partial charge on any atom is 0.287 e. The van der Waals surface area contributed by atoms with E-state index in [0.717, 1.165) is 10.9 Å². The molecule has 0 radical (unpaired) electrons. The molecular formula is C15H19NO4. The molecule has 2 aromatic rings. The summed E-state index contributed by atoms with van der Waals surface area (Å²) in [5.74, 6) is 0.635. The molecule has 0 spiro atoms. The largest absolute Gasteiger partial charge is 0.497 e. The number of carbonyl (C=O) groups excluding carboxylic acids is 1. The number of aliphatic hydroxyl groups is 1. The number of nitrogens with one attached hydrogen (secondary N) is 1. The van der Waals surface area contributed by atoms with Gasteiger partial charge in [0.1, 0.15) is 11.3 Å². The number of benzene rings is 1. The smallest absolute Gasteiger partial charge is 0.287 e. The number of ether oxygens (including phenoxy) is 1. The number of aliphatic hydroxyl groups excluding tert-OH is 1. The number of hydrogen-bond donors (Lipinski definition) is 2. The number of furan rings is 1. The summed E-state index contributed by atoms with van der Waals surface area (Å²) in [6, 6.07) is 5.39. The van der Waals surface area contributed by atoms with Crippen LogP contribution in [0, 0.1) is 6.92 Å². The van der Waals surface area contributed by atoms with E-state index in [1.807, 2.05) is 13.0 Å². The van der Waals surface area contributed by atoms with Crippen LogP contribution in [0.4, 0.5) is 0 Å². The lowest BCUT2D eigenvalue weighted by atomic mass is 10.1. The monoisotopic (exact) mass is 277 g/mol. The molecule has 1 heterocycles. The van der Waals surface area contributed by atoms with Gasteiger partial charge in [-0.2, -0.15) is 0 Å². The van der Waals surface area contributed by atoms with Crippen LogP contribution in [0.5, 0.6) is 5.75 Å². The van der Waals surface area contributed by atoms with Crippen LogP contribution in [0.3, 0.4) is 0 Å². The molecule has 0 atom stereocenters. The second-order valence-corrected chi connectivity index (χ2v) is 5.41. The van der Waals surface area contributed by atoms with Crippen molar-refractivity contribution < 1.29 is 19.1 Å². The van der Waals surface area contributed by atoms with Crippen molar-refractivity contribution in [3.63, 3.8) is 0 Å². The molecule has 108 valence electrons. The highest BCUT2D eigenvalue weighted by atomic mass is 16.5. The summed E-state index contributed by atoms with van der Waals surface area (Å²) in [6.07, 6.45) is 0. The summed E-state index contributed by atoms with van der Waals surface area (Å²) in [5, 5.41) is 12.8. The predicted octanol–water partition coefficient (Wildman–Crippen LogP) is 2.25. The van der Waals surface area contributed by atoms with Gasteiger partial charge in [0, 0.05) is 10.9 Å². The van der Waals surface area contributed by atoms with E-state index in [9.17, 15) is 9.90 Å². The van der Waals surface area contributed by atoms with Crippen molar-refractivity contribution >= 4 is 16.9 Å². The lowest BCUT2D eigenvalue weighted by molar-refractivity contribution is 0.0842. The zero-order chi connectivity index (χ0) is 14.9. The van der Waals surface area contributed by atoms with E-state index in [2.05, 4.69) is 5.32 Å². The van der Waals surface area contributed by atoms with Gasteiger partial charge in [-0.3, -0.25) is 4.79 Å². The van der Waals surface area contributed by atoms with Gasteiger partial charge in [-0.05, 0) is 39.0 Å². The molecule has 5 nitrogen and oxygen atoms in total. The van der Waals surface area contributed by atoms with Crippen LogP contribution in [0.2, 0.25) is 0 Å². The van der Waals surface area contributed by atoms with Gasteiger partial charge in [0.2, 0.25) is 0 Å². The quantitative estimate of drug-likeness (QED) is 0.899. The Morgan fingerprint density at radius 2 is 2.15 bits per heavy atom. The van der Waals surface area contributed by atoms with Crippen molar-refractivity contribution in [3.05, 3.63) is 29.5 Å². The molecule has 0 fully saturated rings. The summed E-state index contributed by atoms with van der Waals surface area (Å²) < 4.78 is 10.8. The van der Waals surface area contributed by atoms with E-state index < -0.39 is 5.54 Å². The average molecular weight is 277 g/mol. The van der Waals surface area contributed by atoms with E-state index in [-0.39, 0.29) is 18.3 Å². The molecule has 0 aliphatic carbocycles. The van der Waals surface area contributed by atoms with Crippen LogP contribution in [0.1, 0.15) is 30.0 Å². The summed E-state index contributed by atoms with van der Waals surface area (Å²) in [4.78, 5) is 12.2. The van der Waals surface area contributed by atoms with E-state index in [1.165, 1.54) is 0 Å². The molecule has 0 aliphatic heterocycles. The number of aryl methyl sites for hydroxylation is 1. The molecule has 0 unspecified atom stereocenters. The Balaban J connectivity index is 2.40. The lowest BCUT2D eigenvalue weighted by Gasteiger charge is -2.22. The highest BCUT2D eigenvalue weighted by Crippen LogP contribution is 2.28. The zero-order valence-electron chi connectivity index (χ0n) is 12.1. The Morgan fingerprint density at radius 3 is 2.75 bits per heavy atom. The molecule has 2 rings (SSSR count). The van der Waals surface area contributed by atoms with E-state index in [0.29, 0.717) is 11.3 Å². The fourth-order valence-corrected chi connectivity index (χ4v) is 1.95. The molecular weight excluding hydrogens is 258 g/mol. The minimum atomic E-state index is -0.694. The average Bonchev–Trinajstić information content (AvgIpc) is 2.75. The summed E-state index contributed by atoms with van der Waals surface area (Å²) in [5.41, 5.74) is 0.695. The van der Waals surface area contributed by atoms with Gasteiger partial charge in [-0.25, -0.2) is 0 Å². The molecule has 0 bridgehead atoms. The van der Waals surface area contributed by atoms with Crippen molar-refractivity contribution in [3.8, 4) is 5.75 Å². The molecule has 1 amide bonds. The van der Waals surface area contributed by atoms with Crippen molar-refractivity contribution in [2.75, 3.05) is 13.7 Å². The third-order valence-electron chi connectivity index (χ3n) is 3.20. The molecule has 1 aromatic carbocycles. The first-order valence-corrected chi connectivity index (χ1v) is 6.38. The fraction of sp³-hybridized carbons (Fsp3) is 0.400. The number of amides is 1. The van der Waals surface area contributed by atoms with Crippen molar-refractivity contribution in [1.29, 1.82) is 0 Å². The van der Waals surface area contributed by atoms with Crippen LogP contribution < -0.4 is 10.1 Å². The second kappa shape index (κ2) is 5.17. The SMILES string of the molecule is COc1ccc2oc(C(=O)NC(C)(C)CO)c(C)c2c1. The molecule has 0 saturated heterocycles. The van der Waals surface area contributed by atoms with Crippen molar-refractivity contribution in [2.45, 2.75) is 26.3 Å². The minimum Gasteiger partial charge on any atom is -0.497 e. The normalized spacial score (nSPS) is 11.7. The molecule has 0 saturated carbocycles. The maximum atomic E-state index is 12.2. The van der Waals surface area contributed by atoms with Gasteiger partial charge >= 0.3 is 0 Å². The topological polar surface area (TPSA) is 71.7 Å². The van der Waals surface area contributed by atoms with Crippen molar-refractivity contribution in [1.82, 2.24) is 5.32 Å². The first kappa shape index (κ1) is 14.4. The number of methoxy groups -OCH3 is 1. The molecule has 1 aromatic heterocycles. The van der Waals surface area contributed by atoms with E-state index in [4.69, 9.17) is 9.15 Å². The predicted molar refractivity (Wildman–Crippen MR) is 76.1 cm³/mol. The lowest BCUT2D eigenvalue weighted by Crippen LogP contribution is -2.46.